The fourth-order valence-corrected chi connectivity index (χ4v) is 2.41. The Bertz CT molecular complexity index is 528. The van der Waals surface area contributed by atoms with Crippen molar-refractivity contribution >= 4 is 29.3 Å². The first-order valence-electron chi connectivity index (χ1n) is 6.05. The van der Waals surface area contributed by atoms with E-state index in [1.165, 1.54) is 16.7 Å². The number of nitrogens with one attached hydrogen (secondary N) is 1. The lowest BCUT2D eigenvalue weighted by Gasteiger charge is -2.27. The lowest BCUT2D eigenvalue weighted by atomic mass is 10.2. The maximum Gasteiger partial charge on any atom is 0.247 e. The number of carbonyl (C=O) groups excluding carboxylic acids is 2. The highest BCUT2D eigenvalue weighted by Crippen LogP contribution is 2.18. The lowest BCUT2D eigenvalue weighted by Crippen LogP contribution is -2.44. The van der Waals surface area contributed by atoms with Gasteiger partial charge in [-0.2, -0.15) is 0 Å². The number of thioether (sulfide) groups is 1. The molecule has 0 bridgehead atoms. The topological polar surface area (TPSA) is 49.4 Å². The predicted molar refractivity (Wildman–Crippen MR) is 77.7 cm³/mol. The molecule has 0 saturated heterocycles. The van der Waals surface area contributed by atoms with Crippen molar-refractivity contribution in [1.29, 1.82) is 0 Å². The van der Waals surface area contributed by atoms with E-state index in [0.717, 1.165) is 11.3 Å². The van der Waals surface area contributed by atoms with Crippen molar-refractivity contribution in [2.75, 3.05) is 11.1 Å². The van der Waals surface area contributed by atoms with Crippen LogP contribution in [0.15, 0.2) is 35.9 Å². The molecule has 100 valence electrons. The summed E-state index contributed by atoms with van der Waals surface area (Å²) in [5.41, 5.74) is 1.78. The smallest absolute Gasteiger partial charge is 0.247 e. The van der Waals surface area contributed by atoms with Crippen LogP contribution in [0, 0.1) is 6.92 Å². The zero-order chi connectivity index (χ0) is 13.8. The van der Waals surface area contributed by atoms with E-state index < -0.39 is 6.04 Å². The lowest BCUT2D eigenvalue weighted by molar-refractivity contribution is -0.133. The minimum atomic E-state index is -0.510. The number of hydrogen-bond donors (Lipinski definition) is 1. The molecular weight excluding hydrogens is 260 g/mol. The highest BCUT2D eigenvalue weighted by atomic mass is 32.2. The number of benzene rings is 1. The van der Waals surface area contributed by atoms with Gasteiger partial charge in [0.1, 0.15) is 6.04 Å². The molecule has 0 aliphatic carbocycles. The van der Waals surface area contributed by atoms with Crippen LogP contribution < -0.4 is 5.32 Å². The van der Waals surface area contributed by atoms with Crippen LogP contribution in [0.1, 0.15) is 12.5 Å². The summed E-state index contributed by atoms with van der Waals surface area (Å²) in [7, 11) is 0. The van der Waals surface area contributed by atoms with Gasteiger partial charge >= 0.3 is 0 Å². The third-order valence-corrected chi connectivity index (χ3v) is 3.74. The van der Waals surface area contributed by atoms with Gasteiger partial charge in [-0.15, -0.1) is 11.8 Å². The van der Waals surface area contributed by atoms with Crippen LogP contribution in [-0.4, -0.2) is 28.5 Å². The first-order valence-corrected chi connectivity index (χ1v) is 7.10. The number of aryl methyl sites for hydroxylation is 1. The van der Waals surface area contributed by atoms with Gasteiger partial charge in [-0.05, 0) is 30.9 Å². The Morgan fingerprint density at radius 3 is 2.84 bits per heavy atom. The van der Waals surface area contributed by atoms with Crippen molar-refractivity contribution in [1.82, 2.24) is 4.90 Å². The van der Waals surface area contributed by atoms with Crippen molar-refractivity contribution in [2.24, 2.45) is 0 Å². The Morgan fingerprint density at radius 1 is 1.42 bits per heavy atom. The second-order valence-electron chi connectivity index (χ2n) is 4.38. The normalized spacial score (nSPS) is 16.3. The van der Waals surface area contributed by atoms with E-state index in [2.05, 4.69) is 5.32 Å². The van der Waals surface area contributed by atoms with Crippen LogP contribution in [0.2, 0.25) is 0 Å². The number of rotatable bonds is 3. The number of hydrogen-bond acceptors (Lipinski definition) is 3. The minimum absolute atomic E-state index is 0.0417. The molecule has 0 fully saturated rings. The van der Waals surface area contributed by atoms with Crippen LogP contribution in [-0.2, 0) is 9.59 Å². The summed E-state index contributed by atoms with van der Waals surface area (Å²) in [4.78, 5) is 25.4. The van der Waals surface area contributed by atoms with E-state index in [0.29, 0.717) is 5.75 Å². The van der Waals surface area contributed by atoms with Gasteiger partial charge in [0, 0.05) is 11.9 Å². The number of anilines is 1. The molecule has 1 aliphatic rings. The molecule has 0 saturated carbocycles. The monoisotopic (exact) mass is 276 g/mol. The highest BCUT2D eigenvalue weighted by Gasteiger charge is 2.25. The quantitative estimate of drug-likeness (QED) is 0.922. The zero-order valence-corrected chi connectivity index (χ0v) is 11.7. The van der Waals surface area contributed by atoms with Crippen molar-refractivity contribution < 1.29 is 9.59 Å². The molecule has 0 spiro atoms. The molecule has 0 radical (unpaired) electrons. The van der Waals surface area contributed by atoms with Crippen molar-refractivity contribution in [3.63, 3.8) is 0 Å². The Balaban J connectivity index is 2.07. The van der Waals surface area contributed by atoms with Crippen LogP contribution in [0.25, 0.3) is 0 Å². The molecule has 5 heteroatoms. The molecule has 1 heterocycles. The first-order chi connectivity index (χ1) is 9.09. The standard InChI is InChI=1S/C14H16N2O2S/c1-10-5-3-4-6-12(10)15-14(18)11(2)16-7-8-19-9-13(16)17/h3-8,11H,9H2,1-2H3,(H,15,18). The summed E-state index contributed by atoms with van der Waals surface area (Å²) in [6.07, 6.45) is 1.67. The largest absolute Gasteiger partial charge is 0.324 e. The molecule has 1 unspecified atom stereocenters. The SMILES string of the molecule is Cc1ccccc1NC(=O)C(C)N1C=CSCC1=O. The second-order valence-corrected chi connectivity index (χ2v) is 5.27. The molecule has 19 heavy (non-hydrogen) atoms. The first kappa shape index (κ1) is 13.7. The third-order valence-electron chi connectivity index (χ3n) is 3.01. The van der Waals surface area contributed by atoms with E-state index in [1.807, 2.05) is 36.6 Å². The Hall–Kier alpha value is -1.75. The van der Waals surface area contributed by atoms with Gasteiger partial charge in [-0.3, -0.25) is 9.59 Å². The number of nitrogens with zero attached hydrogens (tertiary/aromatic N) is 1. The van der Waals surface area contributed by atoms with Crippen molar-refractivity contribution in [3.05, 3.63) is 41.4 Å². The van der Waals surface area contributed by atoms with Gasteiger partial charge in [0.05, 0.1) is 5.75 Å². The van der Waals surface area contributed by atoms with Gasteiger partial charge in [0.2, 0.25) is 11.8 Å². The molecule has 0 aromatic heterocycles. The van der Waals surface area contributed by atoms with Crippen LogP contribution >= 0.6 is 11.8 Å². The average molecular weight is 276 g/mol. The van der Waals surface area contributed by atoms with Crippen molar-refractivity contribution in [2.45, 2.75) is 19.9 Å². The molecule has 2 rings (SSSR count). The molecule has 1 aromatic rings. The summed E-state index contributed by atoms with van der Waals surface area (Å²) >= 11 is 1.44. The predicted octanol–water partition coefficient (Wildman–Crippen LogP) is 2.37. The fourth-order valence-electron chi connectivity index (χ4n) is 1.81. The Kier molecular flexibility index (Phi) is 4.27. The maximum absolute atomic E-state index is 12.2. The average Bonchev–Trinajstić information content (AvgIpc) is 2.41. The van der Waals surface area contributed by atoms with E-state index in [-0.39, 0.29) is 11.8 Å². The molecule has 1 aromatic carbocycles. The molecule has 1 N–H and O–H groups in total. The molecule has 1 aliphatic heterocycles. The summed E-state index contributed by atoms with van der Waals surface area (Å²) in [5, 5.41) is 4.69. The zero-order valence-electron chi connectivity index (χ0n) is 10.9. The number of amides is 2. The summed E-state index contributed by atoms with van der Waals surface area (Å²) in [5.74, 6) is 0.164. The van der Waals surface area contributed by atoms with Gasteiger partial charge in [0.25, 0.3) is 0 Å². The van der Waals surface area contributed by atoms with Crippen LogP contribution in [0.3, 0.4) is 0 Å². The Labute approximate surface area is 116 Å². The molecule has 2 amide bonds. The van der Waals surface area contributed by atoms with Crippen LogP contribution in [0.4, 0.5) is 5.69 Å². The second kappa shape index (κ2) is 5.93. The van der Waals surface area contributed by atoms with E-state index in [4.69, 9.17) is 0 Å². The number of para-hydroxylation sites is 1. The number of carbonyl (C=O) groups is 2. The van der Waals surface area contributed by atoms with E-state index in [9.17, 15) is 9.59 Å². The maximum atomic E-state index is 12.2. The van der Waals surface area contributed by atoms with Gasteiger partial charge in [0.15, 0.2) is 0 Å². The summed E-state index contributed by atoms with van der Waals surface area (Å²) in [6.45, 7) is 3.66. The molecule has 4 nitrogen and oxygen atoms in total. The molecular formula is C14H16N2O2S. The van der Waals surface area contributed by atoms with E-state index in [1.54, 1.807) is 13.1 Å². The highest BCUT2D eigenvalue weighted by molar-refractivity contribution is 8.02. The summed E-state index contributed by atoms with van der Waals surface area (Å²) in [6, 6.07) is 7.06. The summed E-state index contributed by atoms with van der Waals surface area (Å²) < 4.78 is 0. The van der Waals surface area contributed by atoms with Gasteiger partial charge < -0.3 is 10.2 Å². The molecule has 1 atom stereocenters. The van der Waals surface area contributed by atoms with Gasteiger partial charge in [-0.1, -0.05) is 18.2 Å². The fraction of sp³-hybridized carbons (Fsp3) is 0.286. The van der Waals surface area contributed by atoms with Crippen molar-refractivity contribution in [3.8, 4) is 0 Å². The minimum Gasteiger partial charge on any atom is -0.324 e. The van der Waals surface area contributed by atoms with Gasteiger partial charge in [-0.25, -0.2) is 0 Å². The van der Waals surface area contributed by atoms with Crippen LogP contribution in [0.5, 0.6) is 0 Å². The third kappa shape index (κ3) is 3.17. The van der Waals surface area contributed by atoms with E-state index >= 15 is 0 Å². The Morgan fingerprint density at radius 2 is 2.16 bits per heavy atom.